The molecule has 2 nitrogen and oxygen atoms in total. The van der Waals surface area contributed by atoms with E-state index in [0.717, 1.165) is 23.1 Å². The predicted molar refractivity (Wildman–Crippen MR) is 85.9 cm³/mol. The Morgan fingerprint density at radius 1 is 1.47 bits per heavy atom. The average molecular weight is 423 g/mol. The highest BCUT2D eigenvalue weighted by Crippen LogP contribution is 2.22. The predicted octanol–water partition coefficient (Wildman–Crippen LogP) is 4.47. The van der Waals surface area contributed by atoms with Crippen LogP contribution in [0.3, 0.4) is 0 Å². The molecule has 0 aliphatic heterocycles. The number of halogens is 2. The van der Waals surface area contributed by atoms with E-state index in [1.54, 1.807) is 11.3 Å². The molecule has 17 heavy (non-hydrogen) atoms. The third-order valence-electron chi connectivity index (χ3n) is 2.45. The summed E-state index contributed by atoms with van der Waals surface area (Å²) in [5.41, 5.74) is 4.23. The normalized spacial score (nSPS) is 10.5. The lowest BCUT2D eigenvalue weighted by molar-refractivity contribution is 1.02. The van der Waals surface area contributed by atoms with Crippen molar-refractivity contribution in [2.75, 3.05) is 11.9 Å². The first-order chi connectivity index (χ1) is 8.16. The van der Waals surface area contributed by atoms with Crippen molar-refractivity contribution in [3.8, 4) is 0 Å². The molecule has 2 aromatic rings. The van der Waals surface area contributed by atoms with Crippen LogP contribution >= 0.6 is 49.9 Å². The first-order valence-electron chi connectivity index (χ1n) is 5.24. The lowest BCUT2D eigenvalue weighted by atomic mass is 10.3. The van der Waals surface area contributed by atoms with E-state index in [1.165, 1.54) is 14.1 Å². The Kier molecular flexibility index (Phi) is 4.81. The molecular weight excluding hydrogens is 411 g/mol. The highest BCUT2D eigenvalue weighted by atomic mass is 127. The zero-order valence-electron chi connectivity index (χ0n) is 9.34. The van der Waals surface area contributed by atoms with Crippen LogP contribution in [0.4, 0.5) is 5.69 Å². The molecule has 0 aliphatic rings. The van der Waals surface area contributed by atoms with Gasteiger partial charge in [0.15, 0.2) is 0 Å². The topological polar surface area (TPSA) is 24.9 Å². The lowest BCUT2D eigenvalue weighted by Crippen LogP contribution is -2.04. The smallest absolute Gasteiger partial charge is 0.0797 e. The van der Waals surface area contributed by atoms with Gasteiger partial charge in [0.25, 0.3) is 0 Å². The standard InChI is InChI=1S/C12H12BrIN2S/c1-8-12(17-7-16-8)4-5-15-9-2-3-10(13)11(14)6-9/h2-3,6-7,15H,4-5H2,1H3. The van der Waals surface area contributed by atoms with E-state index in [4.69, 9.17) is 0 Å². The van der Waals surface area contributed by atoms with Gasteiger partial charge in [-0.15, -0.1) is 11.3 Å². The van der Waals surface area contributed by atoms with Crippen molar-refractivity contribution in [1.82, 2.24) is 4.98 Å². The van der Waals surface area contributed by atoms with Crippen molar-refractivity contribution in [1.29, 1.82) is 0 Å². The molecule has 0 saturated carbocycles. The van der Waals surface area contributed by atoms with Crippen LogP contribution in [0.2, 0.25) is 0 Å². The van der Waals surface area contributed by atoms with Crippen LogP contribution in [-0.4, -0.2) is 11.5 Å². The highest BCUT2D eigenvalue weighted by molar-refractivity contribution is 14.1. The number of aromatic nitrogens is 1. The Hall–Kier alpha value is -0.140. The largest absolute Gasteiger partial charge is 0.385 e. The molecule has 1 aromatic carbocycles. The van der Waals surface area contributed by atoms with Crippen LogP contribution in [0.25, 0.3) is 0 Å². The average Bonchev–Trinajstić information content (AvgIpc) is 2.70. The summed E-state index contributed by atoms with van der Waals surface area (Å²) in [6.07, 6.45) is 1.03. The summed E-state index contributed by atoms with van der Waals surface area (Å²) in [6, 6.07) is 6.30. The van der Waals surface area contributed by atoms with Crippen molar-refractivity contribution < 1.29 is 0 Å². The van der Waals surface area contributed by atoms with E-state index in [9.17, 15) is 0 Å². The van der Waals surface area contributed by atoms with Crippen molar-refractivity contribution in [3.05, 3.63) is 42.3 Å². The van der Waals surface area contributed by atoms with E-state index in [1.807, 2.05) is 5.51 Å². The molecule has 0 bridgehead atoms. The third kappa shape index (κ3) is 3.66. The summed E-state index contributed by atoms with van der Waals surface area (Å²) in [4.78, 5) is 5.62. The number of benzene rings is 1. The molecule has 0 atom stereocenters. The van der Waals surface area contributed by atoms with Gasteiger partial charge in [-0.1, -0.05) is 0 Å². The summed E-state index contributed by atoms with van der Waals surface area (Å²) in [7, 11) is 0. The van der Waals surface area contributed by atoms with Crippen LogP contribution in [0.1, 0.15) is 10.6 Å². The fourth-order valence-electron chi connectivity index (χ4n) is 1.49. The van der Waals surface area contributed by atoms with Gasteiger partial charge >= 0.3 is 0 Å². The van der Waals surface area contributed by atoms with Gasteiger partial charge in [-0.25, -0.2) is 4.98 Å². The summed E-state index contributed by atoms with van der Waals surface area (Å²) in [5, 5.41) is 3.43. The van der Waals surface area contributed by atoms with Crippen LogP contribution in [0.15, 0.2) is 28.2 Å². The molecule has 1 aromatic heterocycles. The van der Waals surface area contributed by atoms with Gasteiger partial charge in [0.05, 0.1) is 11.2 Å². The molecule has 90 valence electrons. The van der Waals surface area contributed by atoms with E-state index in [-0.39, 0.29) is 0 Å². The van der Waals surface area contributed by atoms with Crippen LogP contribution in [-0.2, 0) is 6.42 Å². The third-order valence-corrected chi connectivity index (χ3v) is 5.77. The summed E-state index contributed by atoms with van der Waals surface area (Å²) < 4.78 is 2.36. The van der Waals surface area contributed by atoms with Gasteiger partial charge in [0.1, 0.15) is 0 Å². The van der Waals surface area contributed by atoms with Crippen LogP contribution in [0.5, 0.6) is 0 Å². The molecule has 0 aliphatic carbocycles. The summed E-state index contributed by atoms with van der Waals surface area (Å²) >= 11 is 7.55. The van der Waals surface area contributed by atoms with E-state index < -0.39 is 0 Å². The quantitative estimate of drug-likeness (QED) is 0.735. The molecule has 2 rings (SSSR count). The minimum absolute atomic E-state index is 0.945. The number of nitrogens with one attached hydrogen (secondary N) is 1. The summed E-state index contributed by atoms with van der Waals surface area (Å²) in [6.45, 7) is 3.01. The van der Waals surface area contributed by atoms with Gasteiger partial charge in [-0.3, -0.25) is 0 Å². The molecule has 0 radical (unpaired) electrons. The van der Waals surface area contributed by atoms with E-state index in [2.05, 4.69) is 73.9 Å². The Labute approximate surface area is 127 Å². The lowest BCUT2D eigenvalue weighted by Gasteiger charge is -2.07. The minimum atomic E-state index is 0.945. The Balaban J connectivity index is 1.90. The van der Waals surface area contributed by atoms with Crippen LogP contribution in [0, 0.1) is 10.5 Å². The monoisotopic (exact) mass is 422 g/mol. The minimum Gasteiger partial charge on any atom is -0.385 e. The van der Waals surface area contributed by atoms with Crippen molar-refractivity contribution in [2.45, 2.75) is 13.3 Å². The number of rotatable bonds is 4. The Morgan fingerprint density at radius 3 is 2.94 bits per heavy atom. The zero-order valence-corrected chi connectivity index (χ0v) is 13.9. The Morgan fingerprint density at radius 2 is 2.29 bits per heavy atom. The van der Waals surface area contributed by atoms with Gasteiger partial charge < -0.3 is 5.32 Å². The van der Waals surface area contributed by atoms with Gasteiger partial charge in [0, 0.05) is 31.6 Å². The molecule has 5 heteroatoms. The van der Waals surface area contributed by atoms with Gasteiger partial charge in [-0.05, 0) is 63.6 Å². The van der Waals surface area contributed by atoms with Crippen LogP contribution < -0.4 is 5.32 Å². The molecule has 0 unspecified atom stereocenters. The fourth-order valence-corrected chi connectivity index (χ4v) is 3.04. The molecule has 0 saturated heterocycles. The fraction of sp³-hybridized carbons (Fsp3) is 0.250. The second-order valence-corrected chi connectivity index (χ2v) is 6.62. The molecule has 0 spiro atoms. The SMILES string of the molecule is Cc1ncsc1CCNc1ccc(Br)c(I)c1. The van der Waals surface area contributed by atoms with E-state index in [0.29, 0.717) is 0 Å². The first-order valence-corrected chi connectivity index (χ1v) is 8.00. The molecule has 0 amide bonds. The highest BCUT2D eigenvalue weighted by Gasteiger charge is 2.01. The van der Waals surface area contributed by atoms with Crippen molar-refractivity contribution >= 4 is 55.5 Å². The summed E-state index contributed by atoms with van der Waals surface area (Å²) in [5.74, 6) is 0. The molecule has 1 heterocycles. The first kappa shape index (κ1) is 13.3. The van der Waals surface area contributed by atoms with Crippen molar-refractivity contribution in [3.63, 3.8) is 0 Å². The number of nitrogens with zero attached hydrogens (tertiary/aromatic N) is 1. The van der Waals surface area contributed by atoms with E-state index >= 15 is 0 Å². The Bertz CT molecular complexity index is 513. The number of hydrogen-bond acceptors (Lipinski definition) is 3. The number of thiazole rings is 1. The zero-order chi connectivity index (χ0) is 12.3. The second-order valence-electron chi connectivity index (χ2n) is 3.67. The van der Waals surface area contributed by atoms with Crippen molar-refractivity contribution in [2.24, 2.45) is 0 Å². The molecule has 0 fully saturated rings. The second kappa shape index (κ2) is 6.15. The van der Waals surface area contributed by atoms with Gasteiger partial charge in [0.2, 0.25) is 0 Å². The maximum atomic E-state index is 4.25. The maximum Gasteiger partial charge on any atom is 0.0797 e. The molecule has 1 N–H and O–H groups in total. The number of hydrogen-bond donors (Lipinski definition) is 1. The van der Waals surface area contributed by atoms with Gasteiger partial charge in [-0.2, -0.15) is 0 Å². The maximum absolute atomic E-state index is 4.25. The number of aryl methyl sites for hydroxylation is 1. The molecular formula is C12H12BrIN2S. The number of anilines is 1.